The lowest BCUT2D eigenvalue weighted by Gasteiger charge is -2.34. The van der Waals surface area contributed by atoms with Crippen molar-refractivity contribution >= 4 is 29.9 Å². The molecule has 3 rings (SSSR count). The predicted molar refractivity (Wildman–Crippen MR) is 106 cm³/mol. The summed E-state index contributed by atoms with van der Waals surface area (Å²) in [5.41, 5.74) is 1.89. The molecule has 1 saturated heterocycles. The Kier molecular flexibility index (Phi) is 6.77. The van der Waals surface area contributed by atoms with Gasteiger partial charge in [-0.15, -0.1) is 12.4 Å². The maximum atomic E-state index is 12.8. The fraction of sp³-hybridized carbons (Fsp3) is 0.300. The van der Waals surface area contributed by atoms with Crippen LogP contribution in [0.5, 0.6) is 0 Å². The third-order valence-corrected chi connectivity index (χ3v) is 4.57. The van der Waals surface area contributed by atoms with Crippen molar-refractivity contribution in [2.45, 2.75) is 13.0 Å². The molecule has 1 N–H and O–H groups in total. The number of carbonyl (C=O) groups is 2. The van der Waals surface area contributed by atoms with Crippen LogP contribution in [0.1, 0.15) is 27.6 Å². The summed E-state index contributed by atoms with van der Waals surface area (Å²) in [7, 11) is 1.74. The number of para-hydroxylation sites is 1. The summed E-state index contributed by atoms with van der Waals surface area (Å²) in [5.74, 6) is -0.153. The van der Waals surface area contributed by atoms with Gasteiger partial charge >= 0.3 is 0 Å². The van der Waals surface area contributed by atoms with Crippen LogP contribution in [0.25, 0.3) is 0 Å². The second kappa shape index (κ2) is 8.83. The van der Waals surface area contributed by atoms with E-state index in [0.717, 1.165) is 18.8 Å². The van der Waals surface area contributed by atoms with Crippen LogP contribution >= 0.6 is 12.4 Å². The number of anilines is 1. The molecule has 1 fully saturated rings. The van der Waals surface area contributed by atoms with Gasteiger partial charge in [0.25, 0.3) is 11.8 Å². The van der Waals surface area contributed by atoms with Gasteiger partial charge in [0.1, 0.15) is 0 Å². The van der Waals surface area contributed by atoms with E-state index in [2.05, 4.69) is 5.32 Å². The lowest BCUT2D eigenvalue weighted by molar-refractivity contribution is 0.0655. The van der Waals surface area contributed by atoms with Crippen LogP contribution in [0, 0.1) is 0 Å². The Morgan fingerprint density at radius 2 is 1.77 bits per heavy atom. The van der Waals surface area contributed by atoms with E-state index in [1.165, 1.54) is 0 Å². The Bertz CT molecular complexity index is 767. The van der Waals surface area contributed by atoms with Crippen molar-refractivity contribution in [3.63, 3.8) is 0 Å². The number of hydrogen-bond donors (Lipinski definition) is 1. The minimum Gasteiger partial charge on any atom is -0.333 e. The SMILES string of the molecule is C[C@@H]1CNCCN1C(=O)c1cccc(C(=O)N(C)c2ccccc2)c1.Cl. The number of piperazine rings is 1. The molecule has 1 aliphatic heterocycles. The van der Waals surface area contributed by atoms with Gasteiger partial charge in [-0.3, -0.25) is 9.59 Å². The first-order valence-corrected chi connectivity index (χ1v) is 8.53. The van der Waals surface area contributed by atoms with Gasteiger partial charge in [-0.25, -0.2) is 0 Å². The van der Waals surface area contributed by atoms with Crippen molar-refractivity contribution in [1.82, 2.24) is 10.2 Å². The fourth-order valence-electron chi connectivity index (χ4n) is 3.06. The number of halogens is 1. The van der Waals surface area contributed by atoms with Crippen molar-refractivity contribution in [2.75, 3.05) is 31.6 Å². The average molecular weight is 374 g/mol. The molecule has 0 saturated carbocycles. The first-order valence-electron chi connectivity index (χ1n) is 8.53. The first kappa shape index (κ1) is 19.9. The van der Waals surface area contributed by atoms with Crippen LogP contribution in [-0.2, 0) is 0 Å². The molecule has 5 nitrogen and oxygen atoms in total. The molecular weight excluding hydrogens is 350 g/mol. The molecule has 0 radical (unpaired) electrons. The van der Waals surface area contributed by atoms with Gasteiger partial charge in [0.05, 0.1) is 0 Å². The zero-order valence-electron chi connectivity index (χ0n) is 15.0. The molecule has 138 valence electrons. The Balaban J connectivity index is 0.00000243. The summed E-state index contributed by atoms with van der Waals surface area (Å²) in [6.07, 6.45) is 0. The van der Waals surface area contributed by atoms with Gasteiger partial charge in [0, 0.05) is 49.5 Å². The highest BCUT2D eigenvalue weighted by atomic mass is 35.5. The van der Waals surface area contributed by atoms with Crippen molar-refractivity contribution in [3.05, 3.63) is 65.7 Å². The van der Waals surface area contributed by atoms with Gasteiger partial charge in [0.2, 0.25) is 0 Å². The molecule has 0 aromatic heterocycles. The highest BCUT2D eigenvalue weighted by Crippen LogP contribution is 2.17. The van der Waals surface area contributed by atoms with Crippen molar-refractivity contribution in [2.24, 2.45) is 0 Å². The number of rotatable bonds is 3. The molecule has 2 amide bonds. The summed E-state index contributed by atoms with van der Waals surface area (Å²) in [4.78, 5) is 29.0. The number of carbonyl (C=O) groups excluding carboxylic acids is 2. The number of amides is 2. The molecule has 0 spiro atoms. The van der Waals surface area contributed by atoms with Gasteiger partial charge in [-0.05, 0) is 37.3 Å². The number of nitrogens with zero attached hydrogens (tertiary/aromatic N) is 2. The molecule has 1 atom stereocenters. The van der Waals surface area contributed by atoms with Crippen LogP contribution in [0.4, 0.5) is 5.69 Å². The first-order chi connectivity index (χ1) is 12.1. The van der Waals surface area contributed by atoms with E-state index in [9.17, 15) is 9.59 Å². The number of benzene rings is 2. The zero-order valence-corrected chi connectivity index (χ0v) is 15.8. The summed E-state index contributed by atoms with van der Waals surface area (Å²) in [5, 5.41) is 3.28. The minimum absolute atomic E-state index is 0. The smallest absolute Gasteiger partial charge is 0.258 e. The molecule has 1 heterocycles. The lowest BCUT2D eigenvalue weighted by atomic mass is 10.1. The van der Waals surface area contributed by atoms with E-state index in [1.807, 2.05) is 42.2 Å². The molecule has 0 unspecified atom stereocenters. The predicted octanol–water partition coefficient (Wildman–Crippen LogP) is 2.82. The Morgan fingerprint density at radius 3 is 2.46 bits per heavy atom. The van der Waals surface area contributed by atoms with E-state index in [-0.39, 0.29) is 30.3 Å². The summed E-state index contributed by atoms with van der Waals surface area (Å²) >= 11 is 0. The van der Waals surface area contributed by atoms with Gasteiger partial charge in [-0.2, -0.15) is 0 Å². The number of nitrogens with one attached hydrogen (secondary N) is 1. The topological polar surface area (TPSA) is 52.7 Å². The Hall–Kier alpha value is -2.37. The van der Waals surface area contributed by atoms with Crippen LogP contribution in [0.3, 0.4) is 0 Å². The highest BCUT2D eigenvalue weighted by molar-refractivity contribution is 6.07. The fourth-order valence-corrected chi connectivity index (χ4v) is 3.06. The zero-order chi connectivity index (χ0) is 17.8. The molecule has 0 bridgehead atoms. The second-order valence-electron chi connectivity index (χ2n) is 6.33. The van der Waals surface area contributed by atoms with E-state index < -0.39 is 0 Å². The molecule has 2 aromatic carbocycles. The normalized spacial score (nSPS) is 16.5. The van der Waals surface area contributed by atoms with Crippen LogP contribution in [0.2, 0.25) is 0 Å². The average Bonchev–Trinajstić information content (AvgIpc) is 2.67. The van der Waals surface area contributed by atoms with Crippen LogP contribution in [-0.4, -0.2) is 49.4 Å². The van der Waals surface area contributed by atoms with Gasteiger partial charge < -0.3 is 15.1 Å². The monoisotopic (exact) mass is 373 g/mol. The van der Waals surface area contributed by atoms with E-state index >= 15 is 0 Å². The minimum atomic E-state index is -0.130. The van der Waals surface area contributed by atoms with Crippen LogP contribution in [0.15, 0.2) is 54.6 Å². The maximum absolute atomic E-state index is 12.8. The largest absolute Gasteiger partial charge is 0.333 e. The van der Waals surface area contributed by atoms with Crippen molar-refractivity contribution in [3.8, 4) is 0 Å². The summed E-state index contributed by atoms with van der Waals surface area (Å²) in [6, 6.07) is 16.6. The highest BCUT2D eigenvalue weighted by Gasteiger charge is 2.24. The molecule has 0 aliphatic carbocycles. The third-order valence-electron chi connectivity index (χ3n) is 4.57. The number of hydrogen-bond acceptors (Lipinski definition) is 3. The third kappa shape index (κ3) is 4.23. The molecule has 26 heavy (non-hydrogen) atoms. The summed E-state index contributed by atoms with van der Waals surface area (Å²) in [6.45, 7) is 4.30. The maximum Gasteiger partial charge on any atom is 0.258 e. The van der Waals surface area contributed by atoms with Gasteiger partial charge in [-0.1, -0.05) is 24.3 Å². The molecule has 1 aliphatic rings. The summed E-state index contributed by atoms with van der Waals surface area (Å²) < 4.78 is 0. The van der Waals surface area contributed by atoms with E-state index in [4.69, 9.17) is 0 Å². The Labute approximate surface area is 160 Å². The van der Waals surface area contributed by atoms with Gasteiger partial charge in [0.15, 0.2) is 0 Å². The lowest BCUT2D eigenvalue weighted by Crippen LogP contribution is -2.52. The van der Waals surface area contributed by atoms with Crippen molar-refractivity contribution in [1.29, 1.82) is 0 Å². The standard InChI is InChI=1S/C20H23N3O2.ClH/c1-15-14-21-11-12-23(15)20(25)17-8-6-7-16(13-17)19(24)22(2)18-9-4-3-5-10-18;/h3-10,13,15,21H,11-12,14H2,1-2H3;1H/t15-;/m1./s1. The molecular formula is C20H24ClN3O2. The molecule has 6 heteroatoms. The van der Waals surface area contributed by atoms with E-state index in [0.29, 0.717) is 17.7 Å². The van der Waals surface area contributed by atoms with Crippen LogP contribution < -0.4 is 10.2 Å². The molecule has 2 aromatic rings. The van der Waals surface area contributed by atoms with Crippen molar-refractivity contribution < 1.29 is 9.59 Å². The Morgan fingerprint density at radius 1 is 1.08 bits per heavy atom. The second-order valence-corrected chi connectivity index (χ2v) is 6.33. The quantitative estimate of drug-likeness (QED) is 0.900. The van der Waals surface area contributed by atoms with E-state index in [1.54, 1.807) is 36.2 Å².